The van der Waals surface area contributed by atoms with Crippen molar-refractivity contribution >= 4 is 49.1 Å². The zero-order valence-electron chi connectivity index (χ0n) is 10.7. The zero-order chi connectivity index (χ0) is 14.5. The van der Waals surface area contributed by atoms with Crippen LogP contribution >= 0.6 is 31.9 Å². The summed E-state index contributed by atoms with van der Waals surface area (Å²) < 4.78 is 1.78. The van der Waals surface area contributed by atoms with Crippen molar-refractivity contribution < 1.29 is 4.79 Å². The first-order valence-corrected chi connectivity index (χ1v) is 7.72. The minimum atomic E-state index is -0.0220. The monoisotopic (exact) mass is 396 g/mol. The number of nitrogen functional groups attached to an aromatic ring is 1. The molecule has 2 aromatic rings. The van der Waals surface area contributed by atoms with Crippen LogP contribution < -0.4 is 11.1 Å². The van der Waals surface area contributed by atoms with Gasteiger partial charge in [-0.05, 0) is 58.2 Å². The minimum absolute atomic E-state index is 0.0220. The maximum atomic E-state index is 12.0. The van der Waals surface area contributed by atoms with E-state index in [1.807, 2.05) is 42.5 Å². The maximum absolute atomic E-state index is 12.0. The lowest BCUT2D eigenvalue weighted by molar-refractivity contribution is -0.116. The Morgan fingerprint density at radius 2 is 1.95 bits per heavy atom. The van der Waals surface area contributed by atoms with Gasteiger partial charge in [-0.25, -0.2) is 0 Å². The molecule has 0 unspecified atom stereocenters. The van der Waals surface area contributed by atoms with E-state index in [0.717, 1.165) is 25.9 Å². The van der Waals surface area contributed by atoms with Crippen molar-refractivity contribution in [1.29, 1.82) is 0 Å². The van der Waals surface area contributed by atoms with Gasteiger partial charge in [0.15, 0.2) is 0 Å². The van der Waals surface area contributed by atoms with Crippen LogP contribution in [0.5, 0.6) is 0 Å². The van der Waals surface area contributed by atoms with Crippen LogP contribution in [0.15, 0.2) is 51.4 Å². The van der Waals surface area contributed by atoms with Crippen molar-refractivity contribution in [2.45, 2.75) is 12.8 Å². The van der Waals surface area contributed by atoms with Crippen molar-refractivity contribution in [3.05, 3.63) is 57.0 Å². The van der Waals surface area contributed by atoms with Crippen molar-refractivity contribution in [3.8, 4) is 0 Å². The fraction of sp³-hybridized carbons (Fsp3) is 0.133. The summed E-state index contributed by atoms with van der Waals surface area (Å²) >= 11 is 6.80. The molecule has 0 spiro atoms. The molecule has 104 valence electrons. The van der Waals surface area contributed by atoms with Gasteiger partial charge in [-0.1, -0.05) is 28.1 Å². The lowest BCUT2D eigenvalue weighted by Gasteiger charge is -2.08. The number of anilines is 2. The molecular weight excluding hydrogens is 384 g/mol. The lowest BCUT2D eigenvalue weighted by Crippen LogP contribution is -2.12. The molecular formula is C15H14Br2N2O. The second-order valence-corrected chi connectivity index (χ2v) is 6.19. The molecule has 0 heterocycles. The Balaban J connectivity index is 1.94. The molecule has 0 aromatic heterocycles. The van der Waals surface area contributed by atoms with Gasteiger partial charge in [0.05, 0.1) is 5.69 Å². The van der Waals surface area contributed by atoms with Gasteiger partial charge in [-0.3, -0.25) is 4.79 Å². The van der Waals surface area contributed by atoms with E-state index >= 15 is 0 Å². The van der Waals surface area contributed by atoms with E-state index in [1.165, 1.54) is 0 Å². The third-order valence-corrected chi connectivity index (χ3v) is 3.98. The van der Waals surface area contributed by atoms with Gasteiger partial charge < -0.3 is 11.1 Å². The Hall–Kier alpha value is -1.33. The molecule has 2 aromatic carbocycles. The molecule has 0 aliphatic heterocycles. The van der Waals surface area contributed by atoms with Gasteiger partial charge in [0.2, 0.25) is 5.91 Å². The summed E-state index contributed by atoms with van der Waals surface area (Å²) in [7, 11) is 0. The average molecular weight is 398 g/mol. The molecule has 0 aliphatic rings. The molecule has 3 N–H and O–H groups in total. The number of halogens is 2. The van der Waals surface area contributed by atoms with Crippen molar-refractivity contribution in [3.63, 3.8) is 0 Å². The zero-order valence-corrected chi connectivity index (χ0v) is 13.9. The SMILES string of the molecule is Nc1cccc(CCC(=O)Nc2cc(Br)ccc2Br)c1. The number of amides is 1. The Kier molecular flexibility index (Phi) is 5.20. The number of carbonyl (C=O) groups excluding carboxylic acids is 1. The number of benzene rings is 2. The smallest absolute Gasteiger partial charge is 0.224 e. The molecule has 0 saturated carbocycles. The predicted molar refractivity (Wildman–Crippen MR) is 89.6 cm³/mol. The highest BCUT2D eigenvalue weighted by atomic mass is 79.9. The first kappa shape index (κ1) is 15.1. The molecule has 2 rings (SSSR count). The summed E-state index contributed by atoms with van der Waals surface area (Å²) in [6.07, 6.45) is 1.09. The Labute approximate surface area is 134 Å². The highest BCUT2D eigenvalue weighted by molar-refractivity contribution is 9.11. The van der Waals surface area contributed by atoms with Crippen LogP contribution in [0, 0.1) is 0 Å². The van der Waals surface area contributed by atoms with Crippen molar-refractivity contribution in [2.75, 3.05) is 11.1 Å². The second kappa shape index (κ2) is 6.90. The standard InChI is InChI=1S/C15H14Br2N2O/c16-11-5-6-13(17)14(9-11)19-15(20)7-4-10-2-1-3-12(18)8-10/h1-3,5-6,8-9H,4,7,18H2,(H,19,20). The van der Waals surface area contributed by atoms with Gasteiger partial charge in [0, 0.05) is 21.1 Å². The minimum Gasteiger partial charge on any atom is -0.399 e. The molecule has 0 saturated heterocycles. The van der Waals surface area contributed by atoms with Crippen molar-refractivity contribution in [1.82, 2.24) is 0 Å². The highest BCUT2D eigenvalue weighted by Gasteiger charge is 2.06. The Morgan fingerprint density at radius 1 is 1.15 bits per heavy atom. The molecule has 0 bridgehead atoms. The van der Waals surface area contributed by atoms with Gasteiger partial charge in [-0.2, -0.15) is 0 Å². The predicted octanol–water partition coefficient (Wildman–Crippen LogP) is 4.37. The van der Waals surface area contributed by atoms with Gasteiger partial charge >= 0.3 is 0 Å². The number of nitrogens with one attached hydrogen (secondary N) is 1. The summed E-state index contributed by atoms with van der Waals surface area (Å²) in [6, 6.07) is 13.3. The maximum Gasteiger partial charge on any atom is 0.224 e. The number of hydrogen-bond donors (Lipinski definition) is 2. The summed E-state index contributed by atoms with van der Waals surface area (Å²) in [4.78, 5) is 12.0. The third kappa shape index (κ3) is 4.35. The van der Waals surface area contributed by atoms with Crippen LogP contribution in [0.2, 0.25) is 0 Å². The molecule has 5 heteroatoms. The number of aryl methyl sites for hydroxylation is 1. The molecule has 0 aliphatic carbocycles. The Bertz CT molecular complexity index is 629. The summed E-state index contributed by atoms with van der Waals surface area (Å²) in [5.74, 6) is -0.0220. The highest BCUT2D eigenvalue weighted by Crippen LogP contribution is 2.26. The third-order valence-electron chi connectivity index (χ3n) is 2.79. The molecule has 0 fully saturated rings. The van der Waals surface area contributed by atoms with Crippen LogP contribution in [0.1, 0.15) is 12.0 Å². The largest absolute Gasteiger partial charge is 0.399 e. The average Bonchev–Trinajstić information content (AvgIpc) is 2.41. The van der Waals surface area contributed by atoms with Crippen molar-refractivity contribution in [2.24, 2.45) is 0 Å². The quantitative estimate of drug-likeness (QED) is 0.752. The van der Waals surface area contributed by atoms with E-state index in [1.54, 1.807) is 0 Å². The van der Waals surface area contributed by atoms with E-state index in [9.17, 15) is 4.79 Å². The van der Waals surface area contributed by atoms with Crippen LogP contribution in [0.25, 0.3) is 0 Å². The number of rotatable bonds is 4. The van der Waals surface area contributed by atoms with Gasteiger partial charge in [-0.15, -0.1) is 0 Å². The molecule has 0 atom stereocenters. The lowest BCUT2D eigenvalue weighted by atomic mass is 10.1. The topological polar surface area (TPSA) is 55.1 Å². The summed E-state index contributed by atoms with van der Waals surface area (Å²) in [6.45, 7) is 0. The molecule has 0 radical (unpaired) electrons. The van der Waals surface area contributed by atoms with Crippen LogP contribution in [0.4, 0.5) is 11.4 Å². The van der Waals surface area contributed by atoms with Crippen LogP contribution in [0.3, 0.4) is 0 Å². The fourth-order valence-electron chi connectivity index (χ4n) is 1.81. The first-order valence-electron chi connectivity index (χ1n) is 6.14. The van der Waals surface area contributed by atoms with Crippen LogP contribution in [-0.2, 0) is 11.2 Å². The first-order chi connectivity index (χ1) is 9.54. The molecule has 1 amide bonds. The number of hydrogen-bond acceptors (Lipinski definition) is 2. The summed E-state index contributed by atoms with van der Waals surface area (Å²) in [5, 5.41) is 2.89. The Morgan fingerprint density at radius 3 is 2.70 bits per heavy atom. The van der Waals surface area contributed by atoms with E-state index in [2.05, 4.69) is 37.2 Å². The normalized spacial score (nSPS) is 10.3. The van der Waals surface area contributed by atoms with E-state index in [0.29, 0.717) is 12.8 Å². The number of nitrogens with two attached hydrogens (primary N) is 1. The van der Waals surface area contributed by atoms with Crippen LogP contribution in [-0.4, -0.2) is 5.91 Å². The fourth-order valence-corrected chi connectivity index (χ4v) is 2.52. The van der Waals surface area contributed by atoms with E-state index in [-0.39, 0.29) is 5.91 Å². The van der Waals surface area contributed by atoms with Gasteiger partial charge in [0.1, 0.15) is 0 Å². The number of carbonyl (C=O) groups is 1. The second-order valence-electron chi connectivity index (χ2n) is 4.42. The summed E-state index contributed by atoms with van der Waals surface area (Å²) in [5.41, 5.74) is 8.26. The molecule has 3 nitrogen and oxygen atoms in total. The van der Waals surface area contributed by atoms with E-state index < -0.39 is 0 Å². The van der Waals surface area contributed by atoms with Gasteiger partial charge in [0.25, 0.3) is 0 Å². The van der Waals surface area contributed by atoms with E-state index in [4.69, 9.17) is 5.73 Å². The molecule has 20 heavy (non-hydrogen) atoms.